The van der Waals surface area contributed by atoms with Crippen molar-refractivity contribution >= 4 is 11.9 Å². The molecule has 1 amide bonds. The summed E-state index contributed by atoms with van der Waals surface area (Å²) in [5.41, 5.74) is 0. The Morgan fingerprint density at radius 2 is 0.595 bits per heavy atom. The predicted octanol–water partition coefficient (Wildman–Crippen LogP) is 23.3. The summed E-state index contributed by atoms with van der Waals surface area (Å²) in [7, 11) is 0. The van der Waals surface area contributed by atoms with E-state index in [-0.39, 0.29) is 18.5 Å². The maximum absolute atomic E-state index is 12.5. The maximum Gasteiger partial charge on any atom is 0.305 e. The fourth-order valence-electron chi connectivity index (χ4n) is 11.5. The van der Waals surface area contributed by atoms with Gasteiger partial charge >= 0.3 is 5.97 Å². The Bertz CT molecular complexity index is 1230. The highest BCUT2D eigenvalue weighted by molar-refractivity contribution is 5.76. The van der Waals surface area contributed by atoms with E-state index in [1.165, 1.54) is 327 Å². The molecule has 0 aliphatic carbocycles. The zero-order valence-electron chi connectivity index (χ0n) is 53.6. The van der Waals surface area contributed by atoms with Crippen molar-refractivity contribution in [2.75, 3.05) is 13.2 Å². The van der Waals surface area contributed by atoms with E-state index in [0.717, 1.165) is 44.9 Å². The Kier molecular flexibility index (Phi) is 67.4. The van der Waals surface area contributed by atoms with Crippen LogP contribution in [0.1, 0.15) is 406 Å². The van der Waals surface area contributed by atoms with Crippen LogP contribution in [0.4, 0.5) is 0 Å². The summed E-state index contributed by atoms with van der Waals surface area (Å²) < 4.78 is 5.49. The van der Waals surface area contributed by atoms with E-state index < -0.39 is 12.1 Å². The van der Waals surface area contributed by atoms with Gasteiger partial charge in [0.1, 0.15) is 0 Å². The molecular weight excluding hydrogens is 971 g/mol. The zero-order valence-corrected chi connectivity index (χ0v) is 53.6. The van der Waals surface area contributed by atoms with Crippen LogP contribution in [0, 0.1) is 0 Å². The summed E-state index contributed by atoms with van der Waals surface area (Å²) in [6, 6.07) is -0.541. The first-order valence-electron chi connectivity index (χ1n) is 36.1. The molecule has 0 fully saturated rings. The fourth-order valence-corrected chi connectivity index (χ4v) is 11.5. The number of rotatable bonds is 68. The van der Waals surface area contributed by atoms with Crippen LogP contribution >= 0.6 is 0 Å². The number of nitrogens with one attached hydrogen (secondary N) is 1. The van der Waals surface area contributed by atoms with Crippen molar-refractivity contribution < 1.29 is 24.5 Å². The van der Waals surface area contributed by atoms with Crippen LogP contribution in [0.15, 0.2) is 24.3 Å². The molecule has 0 heterocycles. The Labute approximate surface area is 494 Å². The molecule has 0 aromatic rings. The topological polar surface area (TPSA) is 95.9 Å². The minimum atomic E-state index is -0.664. The van der Waals surface area contributed by atoms with E-state index in [1.54, 1.807) is 0 Å². The molecule has 0 aromatic heterocycles. The molecule has 0 rings (SSSR count). The predicted molar refractivity (Wildman–Crippen MR) is 347 cm³/mol. The molecule has 3 N–H and O–H groups in total. The number of carbonyl (C=O) groups is 2. The van der Waals surface area contributed by atoms with Crippen LogP contribution in [0.3, 0.4) is 0 Å². The molecule has 0 aliphatic rings. The molecule has 0 aliphatic heterocycles. The quantitative estimate of drug-likeness (QED) is 0.0320. The van der Waals surface area contributed by atoms with Gasteiger partial charge in [-0.2, -0.15) is 0 Å². The third kappa shape index (κ3) is 65.4. The maximum atomic E-state index is 12.5. The highest BCUT2D eigenvalue weighted by Gasteiger charge is 2.20. The fraction of sp³-hybridized carbons (Fsp3) is 0.918. The van der Waals surface area contributed by atoms with Gasteiger partial charge in [0.2, 0.25) is 5.91 Å². The van der Waals surface area contributed by atoms with Gasteiger partial charge in [-0.1, -0.05) is 340 Å². The molecule has 6 nitrogen and oxygen atoms in total. The highest BCUT2D eigenvalue weighted by atomic mass is 16.5. The van der Waals surface area contributed by atoms with Gasteiger partial charge in [0.25, 0.3) is 0 Å². The summed E-state index contributed by atoms with van der Waals surface area (Å²) in [4.78, 5) is 24.6. The Morgan fingerprint density at radius 3 is 0.899 bits per heavy atom. The average molecular weight is 1110 g/mol. The van der Waals surface area contributed by atoms with Gasteiger partial charge in [0.15, 0.2) is 0 Å². The Balaban J connectivity index is 3.37. The lowest BCUT2D eigenvalue weighted by molar-refractivity contribution is -0.143. The van der Waals surface area contributed by atoms with Gasteiger partial charge in [0, 0.05) is 12.8 Å². The SMILES string of the molecule is CCCCCCCC/C=C\CCCCCCCC(=O)OCCCCCCCCCCCCCC/C=C\CCCCCCCCCCCCCCCC(=O)NC(CO)C(O)CCCCCCCCCCCCCCCCCCCC. The summed E-state index contributed by atoms with van der Waals surface area (Å²) in [5, 5.41) is 23.4. The highest BCUT2D eigenvalue weighted by Crippen LogP contribution is 2.19. The van der Waals surface area contributed by atoms with Crippen LogP contribution in [0.5, 0.6) is 0 Å². The Hall–Kier alpha value is -1.66. The first kappa shape index (κ1) is 77.3. The standard InChI is InChI=1S/C73H141NO5/c1-3-5-7-9-11-13-15-17-19-20-34-38-41-45-49-53-57-61-65-71(76)70(69-75)74-72(77)66-62-58-54-50-46-42-39-35-32-30-28-26-24-22-21-23-25-27-29-31-33-36-40-44-48-52-56-60-64-68-79-73(78)67-63-59-55-51-47-43-37-18-16-14-12-10-8-6-4-2/h18,21,23,37,70-71,75-76H,3-17,19-20,22,24-36,38-69H2,1-2H3,(H,74,77)/b23-21-,37-18-. The van der Waals surface area contributed by atoms with E-state index in [1.807, 2.05) is 0 Å². The summed E-state index contributed by atoms with van der Waals surface area (Å²) >= 11 is 0. The minimum absolute atomic E-state index is 0.00932. The molecular formula is C73H141NO5. The van der Waals surface area contributed by atoms with Crippen LogP contribution in [0.2, 0.25) is 0 Å². The molecule has 468 valence electrons. The first-order valence-corrected chi connectivity index (χ1v) is 36.1. The molecule has 0 aromatic carbocycles. The van der Waals surface area contributed by atoms with Crippen molar-refractivity contribution in [2.45, 2.75) is 418 Å². The third-order valence-electron chi connectivity index (χ3n) is 17.0. The number of amides is 1. The molecule has 6 heteroatoms. The number of aliphatic hydroxyl groups is 2. The number of hydrogen-bond acceptors (Lipinski definition) is 5. The number of carbonyl (C=O) groups excluding carboxylic acids is 2. The van der Waals surface area contributed by atoms with E-state index in [2.05, 4.69) is 43.5 Å². The minimum Gasteiger partial charge on any atom is -0.466 e. The van der Waals surface area contributed by atoms with E-state index in [4.69, 9.17) is 4.74 Å². The molecule has 2 unspecified atom stereocenters. The summed E-state index contributed by atoms with van der Waals surface area (Å²) in [6.45, 7) is 4.98. The number of unbranched alkanes of at least 4 members (excludes halogenated alkanes) is 53. The van der Waals surface area contributed by atoms with Gasteiger partial charge in [-0.3, -0.25) is 9.59 Å². The normalized spacial score (nSPS) is 12.6. The van der Waals surface area contributed by atoms with Gasteiger partial charge < -0.3 is 20.3 Å². The van der Waals surface area contributed by atoms with Crippen molar-refractivity contribution in [3.05, 3.63) is 24.3 Å². The number of aliphatic hydroxyl groups excluding tert-OH is 2. The number of hydrogen-bond donors (Lipinski definition) is 3. The van der Waals surface area contributed by atoms with Crippen LogP contribution in [-0.4, -0.2) is 47.4 Å². The molecule has 0 saturated carbocycles. The van der Waals surface area contributed by atoms with E-state index in [0.29, 0.717) is 25.9 Å². The number of allylic oxidation sites excluding steroid dienone is 4. The molecule has 0 spiro atoms. The van der Waals surface area contributed by atoms with Crippen molar-refractivity contribution in [1.29, 1.82) is 0 Å². The van der Waals surface area contributed by atoms with Gasteiger partial charge in [-0.05, 0) is 77.0 Å². The van der Waals surface area contributed by atoms with Gasteiger partial charge in [0.05, 0.1) is 25.4 Å². The van der Waals surface area contributed by atoms with Crippen molar-refractivity contribution in [3.63, 3.8) is 0 Å². The second kappa shape index (κ2) is 68.8. The zero-order chi connectivity index (χ0) is 57.1. The second-order valence-corrected chi connectivity index (χ2v) is 24.9. The van der Waals surface area contributed by atoms with Crippen LogP contribution < -0.4 is 5.32 Å². The molecule has 0 bridgehead atoms. The molecule has 79 heavy (non-hydrogen) atoms. The summed E-state index contributed by atoms with van der Waals surface area (Å²) in [6.07, 6.45) is 86.6. The number of esters is 1. The average Bonchev–Trinajstić information content (AvgIpc) is 3.45. The summed E-state index contributed by atoms with van der Waals surface area (Å²) in [5.74, 6) is -0.0209. The molecule has 0 saturated heterocycles. The van der Waals surface area contributed by atoms with E-state index in [9.17, 15) is 19.8 Å². The molecule has 2 atom stereocenters. The Morgan fingerprint density at radius 1 is 0.342 bits per heavy atom. The first-order chi connectivity index (χ1) is 39.0. The number of ether oxygens (including phenoxy) is 1. The van der Waals surface area contributed by atoms with Crippen LogP contribution in [-0.2, 0) is 14.3 Å². The van der Waals surface area contributed by atoms with Crippen molar-refractivity contribution in [3.8, 4) is 0 Å². The van der Waals surface area contributed by atoms with Gasteiger partial charge in [-0.25, -0.2) is 0 Å². The lowest BCUT2D eigenvalue weighted by Crippen LogP contribution is -2.45. The second-order valence-electron chi connectivity index (χ2n) is 24.9. The largest absolute Gasteiger partial charge is 0.466 e. The smallest absolute Gasteiger partial charge is 0.305 e. The molecule has 0 radical (unpaired) electrons. The van der Waals surface area contributed by atoms with E-state index >= 15 is 0 Å². The van der Waals surface area contributed by atoms with Gasteiger partial charge in [-0.15, -0.1) is 0 Å². The lowest BCUT2D eigenvalue weighted by atomic mass is 10.0. The van der Waals surface area contributed by atoms with Crippen LogP contribution in [0.25, 0.3) is 0 Å². The third-order valence-corrected chi connectivity index (χ3v) is 17.0. The van der Waals surface area contributed by atoms with Crippen molar-refractivity contribution in [1.82, 2.24) is 5.32 Å². The van der Waals surface area contributed by atoms with Crippen molar-refractivity contribution in [2.24, 2.45) is 0 Å². The lowest BCUT2D eigenvalue weighted by Gasteiger charge is -2.22. The monoisotopic (exact) mass is 1110 g/mol.